The fourth-order valence-electron chi connectivity index (χ4n) is 3.56. The van der Waals surface area contributed by atoms with Gasteiger partial charge in [0, 0.05) is 24.2 Å². The molecule has 1 aliphatic heterocycles. The lowest BCUT2D eigenvalue weighted by atomic mass is 9.69. The van der Waals surface area contributed by atoms with Gasteiger partial charge in [0.25, 0.3) is 0 Å². The third kappa shape index (κ3) is 3.95. The van der Waals surface area contributed by atoms with E-state index in [1.54, 1.807) is 0 Å². The molecule has 1 saturated carbocycles. The Morgan fingerprint density at radius 3 is 2.36 bits per heavy atom. The summed E-state index contributed by atoms with van der Waals surface area (Å²) in [5, 5.41) is 3.77. The lowest BCUT2D eigenvalue weighted by Gasteiger charge is -2.55. The molecule has 128 valence electrons. The zero-order chi connectivity index (χ0) is 16.5. The van der Waals surface area contributed by atoms with Crippen molar-refractivity contribution in [1.29, 1.82) is 0 Å². The normalized spacial score (nSPS) is 26.0. The predicted octanol–water partition coefficient (Wildman–Crippen LogP) is 3.94. The fourth-order valence-corrected chi connectivity index (χ4v) is 3.56. The van der Waals surface area contributed by atoms with Crippen molar-refractivity contribution >= 4 is 6.09 Å². The summed E-state index contributed by atoms with van der Waals surface area (Å²) in [5.41, 5.74) is -0.363. The molecule has 4 heteroatoms. The van der Waals surface area contributed by atoms with Crippen molar-refractivity contribution < 1.29 is 9.53 Å². The van der Waals surface area contributed by atoms with Crippen molar-refractivity contribution in [2.24, 2.45) is 5.92 Å². The molecule has 2 aliphatic rings. The summed E-state index contributed by atoms with van der Waals surface area (Å²) in [6.07, 6.45) is 5.45. The van der Waals surface area contributed by atoms with E-state index in [-0.39, 0.29) is 11.6 Å². The van der Waals surface area contributed by atoms with Crippen LogP contribution in [0.1, 0.15) is 73.6 Å². The van der Waals surface area contributed by atoms with Crippen LogP contribution in [-0.2, 0) is 4.74 Å². The lowest BCUT2D eigenvalue weighted by molar-refractivity contribution is -0.0503. The maximum Gasteiger partial charge on any atom is 0.410 e. The number of amides is 1. The zero-order valence-electron chi connectivity index (χ0n) is 15.2. The van der Waals surface area contributed by atoms with E-state index in [0.29, 0.717) is 18.0 Å². The summed E-state index contributed by atoms with van der Waals surface area (Å²) >= 11 is 0. The van der Waals surface area contributed by atoms with Crippen molar-refractivity contribution in [2.45, 2.75) is 96.9 Å². The second kappa shape index (κ2) is 6.38. The summed E-state index contributed by atoms with van der Waals surface area (Å²) in [7, 11) is 0. The van der Waals surface area contributed by atoms with Crippen LogP contribution in [0.2, 0.25) is 0 Å². The third-order valence-electron chi connectivity index (χ3n) is 5.30. The highest BCUT2D eigenvalue weighted by Crippen LogP contribution is 2.45. The predicted molar refractivity (Wildman–Crippen MR) is 90.0 cm³/mol. The van der Waals surface area contributed by atoms with Crippen LogP contribution in [0.15, 0.2) is 0 Å². The number of hydrogen-bond donors (Lipinski definition) is 1. The van der Waals surface area contributed by atoms with E-state index < -0.39 is 5.60 Å². The Morgan fingerprint density at radius 2 is 1.91 bits per heavy atom. The van der Waals surface area contributed by atoms with E-state index in [4.69, 9.17) is 4.74 Å². The molecular weight excluding hydrogens is 276 g/mol. The quantitative estimate of drug-likeness (QED) is 0.858. The van der Waals surface area contributed by atoms with Crippen LogP contribution in [0, 0.1) is 5.92 Å². The van der Waals surface area contributed by atoms with Crippen molar-refractivity contribution in [3.8, 4) is 0 Å². The molecule has 1 saturated heterocycles. The van der Waals surface area contributed by atoms with Crippen LogP contribution < -0.4 is 5.32 Å². The molecule has 2 atom stereocenters. The highest BCUT2D eigenvalue weighted by atomic mass is 16.6. The van der Waals surface area contributed by atoms with Gasteiger partial charge in [0.1, 0.15) is 5.60 Å². The molecular formula is C18H34N2O2. The summed E-state index contributed by atoms with van der Waals surface area (Å²) in [5.74, 6) is 0.640. The Hall–Kier alpha value is -0.770. The lowest BCUT2D eigenvalue weighted by Crippen LogP contribution is -2.64. The maximum atomic E-state index is 12.5. The van der Waals surface area contributed by atoms with Crippen LogP contribution in [-0.4, -0.2) is 40.8 Å². The molecule has 1 amide bonds. The monoisotopic (exact) mass is 310 g/mol. The third-order valence-corrected chi connectivity index (χ3v) is 5.30. The molecule has 2 rings (SSSR count). The minimum Gasteiger partial charge on any atom is -0.444 e. The van der Waals surface area contributed by atoms with Gasteiger partial charge in [0.05, 0.1) is 0 Å². The van der Waals surface area contributed by atoms with Crippen LogP contribution in [0.25, 0.3) is 0 Å². The number of nitrogens with zero attached hydrogens (tertiary/aromatic N) is 1. The van der Waals surface area contributed by atoms with Crippen molar-refractivity contribution in [2.75, 3.05) is 6.54 Å². The van der Waals surface area contributed by atoms with E-state index in [9.17, 15) is 4.79 Å². The number of carbonyl (C=O) groups excluding carboxylic acids is 1. The molecule has 2 fully saturated rings. The molecule has 0 aromatic rings. The van der Waals surface area contributed by atoms with Crippen LogP contribution >= 0.6 is 0 Å². The number of hydrogen-bond acceptors (Lipinski definition) is 3. The van der Waals surface area contributed by atoms with Crippen molar-refractivity contribution in [1.82, 2.24) is 10.2 Å². The average molecular weight is 310 g/mol. The first-order valence-corrected chi connectivity index (χ1v) is 8.90. The average Bonchev–Trinajstić information content (AvgIpc) is 2.34. The van der Waals surface area contributed by atoms with E-state index in [0.717, 1.165) is 32.2 Å². The standard InChI is InChI=1S/C18H34N2O2/c1-13(2)14(3)19-15-8-11-20(16(21)22-17(4,5)6)18(12-15)9-7-10-18/h13-15,19H,7-12H2,1-6H3. The minimum atomic E-state index is -0.413. The Balaban J connectivity index is 2.00. The summed E-state index contributed by atoms with van der Waals surface area (Å²) in [6, 6.07) is 1.05. The molecule has 0 bridgehead atoms. The summed E-state index contributed by atoms with van der Waals surface area (Å²) in [6.45, 7) is 13.4. The second-order valence-electron chi connectivity index (χ2n) is 8.60. The topological polar surface area (TPSA) is 41.6 Å². The number of ether oxygens (including phenoxy) is 1. The van der Waals surface area contributed by atoms with Gasteiger partial charge < -0.3 is 15.0 Å². The molecule has 1 N–H and O–H groups in total. The van der Waals surface area contributed by atoms with Crippen molar-refractivity contribution in [3.63, 3.8) is 0 Å². The number of likely N-dealkylation sites (tertiary alicyclic amines) is 1. The first kappa shape index (κ1) is 17.6. The van der Waals surface area contributed by atoms with Crippen LogP contribution in [0.3, 0.4) is 0 Å². The molecule has 1 spiro atoms. The largest absolute Gasteiger partial charge is 0.444 e. The summed E-state index contributed by atoms with van der Waals surface area (Å²) in [4.78, 5) is 14.6. The van der Waals surface area contributed by atoms with Gasteiger partial charge in [-0.15, -0.1) is 0 Å². The molecule has 0 aromatic carbocycles. The Labute approximate surface area is 136 Å². The first-order valence-electron chi connectivity index (χ1n) is 8.90. The Morgan fingerprint density at radius 1 is 1.27 bits per heavy atom. The molecule has 22 heavy (non-hydrogen) atoms. The van der Waals surface area contributed by atoms with Gasteiger partial charge in [-0.2, -0.15) is 0 Å². The van der Waals surface area contributed by atoms with Gasteiger partial charge in [-0.3, -0.25) is 0 Å². The van der Waals surface area contributed by atoms with Gasteiger partial charge in [0.2, 0.25) is 0 Å². The number of carbonyl (C=O) groups is 1. The number of piperidine rings is 1. The highest BCUT2D eigenvalue weighted by Gasteiger charge is 2.49. The van der Waals surface area contributed by atoms with Crippen LogP contribution in [0.5, 0.6) is 0 Å². The van der Waals surface area contributed by atoms with E-state index in [1.165, 1.54) is 6.42 Å². The Kier molecular flexibility index (Phi) is 5.10. The smallest absolute Gasteiger partial charge is 0.410 e. The van der Waals surface area contributed by atoms with Gasteiger partial charge in [-0.05, 0) is 65.7 Å². The fraction of sp³-hybridized carbons (Fsp3) is 0.944. The molecule has 2 unspecified atom stereocenters. The van der Waals surface area contributed by atoms with E-state index in [2.05, 4.69) is 26.1 Å². The molecule has 1 heterocycles. The number of rotatable bonds is 3. The SMILES string of the molecule is CC(C)C(C)NC1CCN(C(=O)OC(C)(C)C)C2(CCC2)C1. The van der Waals surface area contributed by atoms with Gasteiger partial charge >= 0.3 is 6.09 Å². The number of nitrogens with one attached hydrogen (secondary N) is 1. The zero-order valence-corrected chi connectivity index (χ0v) is 15.2. The highest BCUT2D eigenvalue weighted by molar-refractivity contribution is 5.69. The van der Waals surface area contributed by atoms with Crippen molar-refractivity contribution in [3.05, 3.63) is 0 Å². The van der Waals surface area contributed by atoms with Gasteiger partial charge in [-0.25, -0.2) is 4.79 Å². The van der Waals surface area contributed by atoms with E-state index in [1.807, 2.05) is 25.7 Å². The van der Waals surface area contributed by atoms with Gasteiger partial charge in [-0.1, -0.05) is 13.8 Å². The Bertz CT molecular complexity index is 396. The molecule has 0 radical (unpaired) electrons. The molecule has 1 aliphatic carbocycles. The maximum absolute atomic E-state index is 12.5. The summed E-state index contributed by atoms with van der Waals surface area (Å²) < 4.78 is 5.63. The van der Waals surface area contributed by atoms with E-state index >= 15 is 0 Å². The second-order valence-corrected chi connectivity index (χ2v) is 8.60. The first-order chi connectivity index (χ1) is 10.1. The molecule has 0 aromatic heterocycles. The van der Waals surface area contributed by atoms with Gasteiger partial charge in [0.15, 0.2) is 0 Å². The molecule has 4 nitrogen and oxygen atoms in total. The van der Waals surface area contributed by atoms with Crippen LogP contribution in [0.4, 0.5) is 4.79 Å². The minimum absolute atomic E-state index is 0.0505.